The number of rotatable bonds is 9. The van der Waals surface area contributed by atoms with Gasteiger partial charge in [0.15, 0.2) is 23.0 Å². The monoisotopic (exact) mass is 470 g/mol. The van der Waals surface area contributed by atoms with Gasteiger partial charge in [-0.05, 0) is 44.4 Å². The van der Waals surface area contributed by atoms with Crippen LogP contribution in [0.2, 0.25) is 0 Å². The Morgan fingerprint density at radius 2 is 2.06 bits per heavy atom. The molecular formula is C25H31FN4O4. The standard InChI is InChI=1S/C25H31FN4O4/c1-5-15(6-2)11-20(31)28-23-18-12-16(17-7-8-19-22(21(17)26)34-14-33-19)13-27-24(18)30(29-23)10-9-25(3,4)32/h7-8,12-13,15,32H,5-6,9-11,14H2,1-4H3,(H,28,29,31). The lowest BCUT2D eigenvalue weighted by atomic mass is 9.99. The Hall–Kier alpha value is -3.20. The molecule has 1 amide bonds. The number of carbonyl (C=O) groups is 1. The van der Waals surface area contributed by atoms with Gasteiger partial charge < -0.3 is 19.9 Å². The Kier molecular flexibility index (Phi) is 6.74. The minimum absolute atomic E-state index is 0.0202. The summed E-state index contributed by atoms with van der Waals surface area (Å²) in [5.41, 5.74) is 0.511. The van der Waals surface area contributed by atoms with Crippen LogP contribution in [0.3, 0.4) is 0 Å². The number of carbonyl (C=O) groups excluding carboxylic acids is 1. The fraction of sp³-hybridized carbons (Fsp3) is 0.480. The molecule has 0 aliphatic carbocycles. The van der Waals surface area contributed by atoms with E-state index >= 15 is 4.39 Å². The molecule has 0 fully saturated rings. The predicted molar refractivity (Wildman–Crippen MR) is 127 cm³/mol. The molecule has 4 rings (SSSR count). The zero-order valence-corrected chi connectivity index (χ0v) is 20.0. The number of fused-ring (bicyclic) bond motifs is 2. The van der Waals surface area contributed by atoms with Gasteiger partial charge in [0.1, 0.15) is 0 Å². The van der Waals surface area contributed by atoms with Crippen LogP contribution in [-0.4, -0.2) is 38.2 Å². The molecule has 0 radical (unpaired) electrons. The number of aromatic nitrogens is 3. The molecule has 1 aliphatic rings. The maximum Gasteiger partial charge on any atom is 0.231 e. The van der Waals surface area contributed by atoms with Crippen LogP contribution in [0.1, 0.15) is 53.4 Å². The van der Waals surface area contributed by atoms with Crippen LogP contribution in [0.25, 0.3) is 22.2 Å². The molecule has 3 heterocycles. The fourth-order valence-corrected chi connectivity index (χ4v) is 4.02. The van der Waals surface area contributed by atoms with Crippen molar-refractivity contribution in [2.24, 2.45) is 5.92 Å². The molecule has 1 aliphatic heterocycles. The van der Waals surface area contributed by atoms with Gasteiger partial charge in [-0.1, -0.05) is 26.7 Å². The summed E-state index contributed by atoms with van der Waals surface area (Å²) < 4.78 is 27.3. The van der Waals surface area contributed by atoms with Gasteiger partial charge in [-0.3, -0.25) is 4.79 Å². The summed E-state index contributed by atoms with van der Waals surface area (Å²) in [7, 11) is 0. The van der Waals surface area contributed by atoms with Crippen LogP contribution in [0.4, 0.5) is 10.2 Å². The van der Waals surface area contributed by atoms with Gasteiger partial charge in [0.05, 0.1) is 11.0 Å². The molecular weight excluding hydrogens is 439 g/mol. The normalized spacial score (nSPS) is 13.1. The molecule has 0 atom stereocenters. The molecule has 8 nitrogen and oxygen atoms in total. The summed E-state index contributed by atoms with van der Waals surface area (Å²) in [5.74, 6) is 0.464. The smallest absolute Gasteiger partial charge is 0.231 e. The van der Waals surface area contributed by atoms with Crippen molar-refractivity contribution in [2.45, 2.75) is 65.5 Å². The van der Waals surface area contributed by atoms with Crippen molar-refractivity contribution in [3.05, 3.63) is 30.2 Å². The Morgan fingerprint density at radius 3 is 2.76 bits per heavy atom. The van der Waals surface area contributed by atoms with Gasteiger partial charge in [-0.2, -0.15) is 5.10 Å². The van der Waals surface area contributed by atoms with Gasteiger partial charge in [0.2, 0.25) is 18.4 Å². The Labute approximate surface area is 198 Å². The van der Waals surface area contributed by atoms with E-state index in [4.69, 9.17) is 9.47 Å². The van der Waals surface area contributed by atoms with E-state index in [1.807, 2.05) is 0 Å². The van der Waals surface area contributed by atoms with Crippen molar-refractivity contribution in [3.63, 3.8) is 0 Å². The van der Waals surface area contributed by atoms with Gasteiger partial charge in [0, 0.05) is 30.3 Å². The highest BCUT2D eigenvalue weighted by Crippen LogP contribution is 2.40. The van der Waals surface area contributed by atoms with Crippen LogP contribution in [0, 0.1) is 11.7 Å². The van der Waals surface area contributed by atoms with E-state index in [1.54, 1.807) is 42.9 Å². The van der Waals surface area contributed by atoms with Crippen LogP contribution in [0.15, 0.2) is 24.4 Å². The summed E-state index contributed by atoms with van der Waals surface area (Å²) in [6.07, 6.45) is 4.25. The number of benzene rings is 1. The first-order valence-electron chi connectivity index (χ1n) is 11.7. The topological polar surface area (TPSA) is 98.5 Å². The number of pyridine rings is 1. The van der Waals surface area contributed by atoms with E-state index in [-0.39, 0.29) is 18.4 Å². The molecule has 0 saturated carbocycles. The van der Waals surface area contributed by atoms with E-state index in [1.165, 1.54) is 0 Å². The van der Waals surface area contributed by atoms with Crippen LogP contribution < -0.4 is 14.8 Å². The number of hydrogen-bond donors (Lipinski definition) is 2. The lowest BCUT2D eigenvalue weighted by Crippen LogP contribution is -2.21. The first-order chi connectivity index (χ1) is 16.2. The predicted octanol–water partition coefficient (Wildman–Crippen LogP) is 4.89. The quantitative estimate of drug-likeness (QED) is 0.462. The van der Waals surface area contributed by atoms with E-state index in [0.29, 0.717) is 59.0 Å². The van der Waals surface area contributed by atoms with E-state index in [9.17, 15) is 9.90 Å². The lowest BCUT2D eigenvalue weighted by Gasteiger charge is -2.16. The maximum absolute atomic E-state index is 15.1. The number of ether oxygens (including phenoxy) is 2. The zero-order chi connectivity index (χ0) is 24.5. The van der Waals surface area contributed by atoms with E-state index in [0.717, 1.165) is 12.8 Å². The Bertz CT molecular complexity index is 1200. The SMILES string of the molecule is CCC(CC)CC(=O)Nc1nn(CCC(C)(C)O)c2ncc(-c3ccc4c(c3F)OCO4)cc12. The molecule has 0 spiro atoms. The number of halogens is 1. The number of hydrogen-bond acceptors (Lipinski definition) is 6. The molecule has 0 bridgehead atoms. The van der Waals surface area contributed by atoms with Gasteiger partial charge in [-0.15, -0.1) is 0 Å². The Morgan fingerprint density at radius 1 is 1.29 bits per heavy atom. The van der Waals surface area contributed by atoms with Crippen LogP contribution >= 0.6 is 0 Å². The number of nitrogens with zero attached hydrogens (tertiary/aromatic N) is 3. The van der Waals surface area contributed by atoms with Crippen molar-refractivity contribution in [3.8, 4) is 22.6 Å². The molecule has 34 heavy (non-hydrogen) atoms. The first-order valence-corrected chi connectivity index (χ1v) is 11.7. The summed E-state index contributed by atoms with van der Waals surface area (Å²) >= 11 is 0. The number of nitrogens with one attached hydrogen (secondary N) is 1. The lowest BCUT2D eigenvalue weighted by molar-refractivity contribution is -0.117. The third-order valence-electron chi connectivity index (χ3n) is 6.20. The third kappa shape index (κ3) is 4.99. The van der Waals surface area contributed by atoms with E-state index < -0.39 is 11.4 Å². The summed E-state index contributed by atoms with van der Waals surface area (Å²) in [6, 6.07) is 5.05. The van der Waals surface area contributed by atoms with Crippen LogP contribution in [0.5, 0.6) is 11.5 Å². The maximum atomic E-state index is 15.1. The van der Waals surface area contributed by atoms with E-state index in [2.05, 4.69) is 29.2 Å². The highest BCUT2D eigenvalue weighted by molar-refractivity contribution is 6.00. The zero-order valence-electron chi connectivity index (χ0n) is 20.0. The number of amides is 1. The highest BCUT2D eigenvalue weighted by Gasteiger charge is 2.24. The minimum atomic E-state index is -0.882. The van der Waals surface area contributed by atoms with Gasteiger partial charge >= 0.3 is 0 Å². The third-order valence-corrected chi connectivity index (χ3v) is 6.20. The Balaban J connectivity index is 1.73. The second-order valence-electron chi connectivity index (χ2n) is 9.33. The van der Waals surface area contributed by atoms with Crippen molar-refractivity contribution >= 4 is 22.8 Å². The second kappa shape index (κ2) is 9.58. The molecule has 9 heteroatoms. The van der Waals surface area contributed by atoms with Gasteiger partial charge in [0.25, 0.3) is 0 Å². The van der Waals surface area contributed by atoms with Crippen molar-refractivity contribution in [1.82, 2.24) is 14.8 Å². The van der Waals surface area contributed by atoms with Crippen molar-refractivity contribution in [2.75, 3.05) is 12.1 Å². The van der Waals surface area contributed by atoms with Crippen molar-refractivity contribution < 1.29 is 23.8 Å². The fourth-order valence-electron chi connectivity index (χ4n) is 4.02. The molecule has 2 aromatic heterocycles. The number of aliphatic hydroxyl groups is 1. The largest absolute Gasteiger partial charge is 0.453 e. The molecule has 0 unspecified atom stereocenters. The average Bonchev–Trinajstić information content (AvgIpc) is 3.41. The molecule has 2 N–H and O–H groups in total. The molecule has 3 aromatic rings. The molecule has 182 valence electrons. The first kappa shape index (κ1) is 23.9. The minimum Gasteiger partial charge on any atom is -0.453 e. The average molecular weight is 471 g/mol. The highest BCUT2D eigenvalue weighted by atomic mass is 19.1. The van der Waals surface area contributed by atoms with Gasteiger partial charge in [-0.25, -0.2) is 14.1 Å². The number of anilines is 1. The second-order valence-corrected chi connectivity index (χ2v) is 9.33. The molecule has 1 aromatic carbocycles. The summed E-state index contributed by atoms with van der Waals surface area (Å²) in [5, 5.41) is 18.3. The van der Waals surface area contributed by atoms with Crippen LogP contribution in [-0.2, 0) is 11.3 Å². The summed E-state index contributed by atoms with van der Waals surface area (Å²) in [6.45, 7) is 7.98. The molecule has 0 saturated heterocycles. The number of aryl methyl sites for hydroxylation is 1. The summed E-state index contributed by atoms with van der Waals surface area (Å²) in [4.78, 5) is 17.3. The van der Waals surface area contributed by atoms with Crippen molar-refractivity contribution in [1.29, 1.82) is 0 Å².